The number of pyridine rings is 1. The van der Waals surface area contributed by atoms with Crippen molar-refractivity contribution in [3.05, 3.63) is 59.1 Å². The standard InChI is InChI=1S/C28H40N6O6S2/c1-21-7-12-25(40-20-13-32(3)4)30-28(21)41-22(2)29-27(35)26(31-34-15-18-39-19-16-34)23-8-10-24(11-9-23)42(36,37)33(5)14-17-38-6/h7-12H,2,13-20H2,1,3-6H3,(H,29,35)/b31-26+. The molecule has 1 N–H and O–H groups in total. The second kappa shape index (κ2) is 16.0. The zero-order chi connectivity index (χ0) is 30.7. The first kappa shape index (κ1) is 33.5. The minimum atomic E-state index is -3.72. The lowest BCUT2D eigenvalue weighted by molar-refractivity contribution is -0.114. The molecule has 230 valence electrons. The minimum absolute atomic E-state index is 0.102. The number of carbonyl (C=O) groups excluding carboxylic acids is 1. The number of amides is 1. The fraction of sp³-hybridized carbons (Fsp3) is 0.464. The van der Waals surface area contributed by atoms with Crippen LogP contribution < -0.4 is 10.1 Å². The molecule has 12 nitrogen and oxygen atoms in total. The summed E-state index contributed by atoms with van der Waals surface area (Å²) >= 11 is 1.21. The lowest BCUT2D eigenvalue weighted by Crippen LogP contribution is -2.37. The number of thioether (sulfide) groups is 1. The fourth-order valence-corrected chi connectivity index (χ4v) is 5.57. The van der Waals surface area contributed by atoms with Crippen LogP contribution in [-0.2, 0) is 24.3 Å². The Hall–Kier alpha value is -3.01. The van der Waals surface area contributed by atoms with E-state index < -0.39 is 15.9 Å². The van der Waals surface area contributed by atoms with E-state index in [1.165, 1.54) is 42.4 Å². The zero-order valence-corrected chi connectivity index (χ0v) is 26.5. The molecular formula is C28H40N6O6S2. The quantitative estimate of drug-likeness (QED) is 0.234. The maximum absolute atomic E-state index is 13.5. The van der Waals surface area contributed by atoms with Gasteiger partial charge in [0.15, 0.2) is 5.71 Å². The Morgan fingerprint density at radius 1 is 1.12 bits per heavy atom. The van der Waals surface area contributed by atoms with Crippen LogP contribution in [0.5, 0.6) is 5.88 Å². The van der Waals surface area contributed by atoms with Crippen LogP contribution in [0.15, 0.2) is 63.0 Å². The fourth-order valence-electron chi connectivity index (χ4n) is 3.67. The summed E-state index contributed by atoms with van der Waals surface area (Å²) in [5.74, 6) is 0.00408. The number of morpholine rings is 1. The zero-order valence-electron chi connectivity index (χ0n) is 24.8. The van der Waals surface area contributed by atoms with Gasteiger partial charge in [-0.25, -0.2) is 13.4 Å². The van der Waals surface area contributed by atoms with Crippen LogP contribution in [0.3, 0.4) is 0 Å². The molecule has 1 fully saturated rings. The third-order valence-electron chi connectivity index (χ3n) is 6.18. The summed E-state index contributed by atoms with van der Waals surface area (Å²) in [7, 11) is 3.22. The van der Waals surface area contributed by atoms with E-state index in [1.807, 2.05) is 38.1 Å². The van der Waals surface area contributed by atoms with Gasteiger partial charge in [0.2, 0.25) is 15.9 Å². The molecule has 0 unspecified atom stereocenters. The Morgan fingerprint density at radius 2 is 1.81 bits per heavy atom. The molecule has 0 bridgehead atoms. The molecule has 2 aromatic rings. The monoisotopic (exact) mass is 620 g/mol. The van der Waals surface area contributed by atoms with Gasteiger partial charge in [-0.15, -0.1) is 0 Å². The molecule has 0 atom stereocenters. The van der Waals surface area contributed by atoms with Gasteiger partial charge in [-0.05, 0) is 38.7 Å². The van der Waals surface area contributed by atoms with E-state index in [4.69, 9.17) is 14.2 Å². The number of rotatable bonds is 15. The van der Waals surface area contributed by atoms with Gasteiger partial charge in [0.1, 0.15) is 11.6 Å². The Bertz CT molecular complexity index is 1350. The van der Waals surface area contributed by atoms with Crippen LogP contribution in [0.4, 0.5) is 0 Å². The number of ether oxygens (including phenoxy) is 3. The second-order valence-corrected chi connectivity index (χ2v) is 12.9. The molecule has 1 amide bonds. The number of methoxy groups -OCH3 is 1. The number of nitrogens with zero attached hydrogens (tertiary/aromatic N) is 5. The number of hydrogen-bond donors (Lipinski definition) is 1. The van der Waals surface area contributed by atoms with Crippen LogP contribution in [0.2, 0.25) is 0 Å². The highest BCUT2D eigenvalue weighted by molar-refractivity contribution is 8.03. The molecule has 3 rings (SSSR count). The number of hydrogen-bond acceptors (Lipinski definition) is 11. The Morgan fingerprint density at radius 3 is 2.45 bits per heavy atom. The van der Waals surface area contributed by atoms with Crippen molar-refractivity contribution in [1.29, 1.82) is 0 Å². The highest BCUT2D eigenvalue weighted by Gasteiger charge is 2.23. The van der Waals surface area contributed by atoms with Crippen molar-refractivity contribution >= 4 is 33.4 Å². The van der Waals surface area contributed by atoms with Crippen molar-refractivity contribution in [2.24, 2.45) is 5.10 Å². The second-order valence-electron chi connectivity index (χ2n) is 9.76. The van der Waals surface area contributed by atoms with E-state index in [0.717, 1.165) is 12.1 Å². The number of sulfonamides is 1. The maximum atomic E-state index is 13.5. The Labute approximate surface area is 252 Å². The van der Waals surface area contributed by atoms with Gasteiger partial charge in [-0.1, -0.05) is 36.5 Å². The van der Waals surface area contributed by atoms with Crippen molar-refractivity contribution in [2.45, 2.75) is 16.8 Å². The van der Waals surface area contributed by atoms with Crippen LogP contribution in [-0.4, -0.2) is 120 Å². The van der Waals surface area contributed by atoms with Crippen LogP contribution in [0.25, 0.3) is 0 Å². The lowest BCUT2D eigenvalue weighted by Gasteiger charge is -2.25. The number of carbonyl (C=O) groups is 1. The van der Waals surface area contributed by atoms with Gasteiger partial charge in [-0.2, -0.15) is 9.41 Å². The molecule has 1 aromatic carbocycles. The number of benzene rings is 1. The van der Waals surface area contributed by atoms with Crippen molar-refractivity contribution in [2.75, 3.05) is 80.9 Å². The molecule has 1 saturated heterocycles. The van der Waals surface area contributed by atoms with Crippen molar-refractivity contribution in [3.8, 4) is 5.88 Å². The van der Waals surface area contributed by atoms with Gasteiger partial charge in [-0.3, -0.25) is 9.80 Å². The third kappa shape index (κ3) is 9.78. The highest BCUT2D eigenvalue weighted by atomic mass is 32.2. The summed E-state index contributed by atoms with van der Waals surface area (Å²) in [6.45, 7) is 9.70. The summed E-state index contributed by atoms with van der Waals surface area (Å²) in [5, 5.41) is 10.2. The summed E-state index contributed by atoms with van der Waals surface area (Å²) in [5.41, 5.74) is 1.49. The molecule has 1 aliphatic heterocycles. The molecule has 1 aromatic heterocycles. The van der Waals surface area contributed by atoms with E-state index in [9.17, 15) is 13.2 Å². The average molecular weight is 621 g/mol. The van der Waals surface area contributed by atoms with E-state index >= 15 is 0 Å². The summed E-state index contributed by atoms with van der Waals surface area (Å²) in [4.78, 5) is 20.2. The minimum Gasteiger partial charge on any atom is -0.476 e. The van der Waals surface area contributed by atoms with Gasteiger partial charge in [0, 0.05) is 38.9 Å². The van der Waals surface area contributed by atoms with Crippen LogP contribution in [0, 0.1) is 6.92 Å². The predicted octanol–water partition coefficient (Wildman–Crippen LogP) is 2.01. The first-order chi connectivity index (χ1) is 20.0. The summed E-state index contributed by atoms with van der Waals surface area (Å²) < 4.78 is 43.3. The molecule has 0 radical (unpaired) electrons. The molecular weight excluding hydrogens is 580 g/mol. The molecule has 14 heteroatoms. The van der Waals surface area contributed by atoms with Gasteiger partial charge in [0.25, 0.3) is 5.91 Å². The number of nitrogens with one attached hydrogen (secondary N) is 1. The number of hydrazone groups is 1. The van der Waals surface area contributed by atoms with E-state index in [1.54, 1.807) is 17.1 Å². The summed E-state index contributed by atoms with van der Waals surface area (Å²) in [6, 6.07) is 9.80. The molecule has 2 heterocycles. The number of likely N-dealkylation sites (N-methyl/N-ethyl adjacent to an activating group) is 2. The molecule has 42 heavy (non-hydrogen) atoms. The molecule has 0 saturated carbocycles. The van der Waals surface area contributed by atoms with Gasteiger partial charge >= 0.3 is 0 Å². The number of aryl methyl sites for hydroxylation is 1. The molecule has 1 aliphatic rings. The largest absolute Gasteiger partial charge is 0.476 e. The Kier molecular flexibility index (Phi) is 12.8. The van der Waals surface area contributed by atoms with Crippen molar-refractivity contribution in [1.82, 2.24) is 24.5 Å². The van der Waals surface area contributed by atoms with E-state index in [-0.39, 0.29) is 23.8 Å². The lowest BCUT2D eigenvalue weighted by atomic mass is 10.1. The van der Waals surface area contributed by atoms with Gasteiger partial charge < -0.3 is 24.4 Å². The summed E-state index contributed by atoms with van der Waals surface area (Å²) in [6.07, 6.45) is 0. The molecule has 0 spiro atoms. The van der Waals surface area contributed by atoms with Crippen LogP contribution >= 0.6 is 11.8 Å². The number of aromatic nitrogens is 1. The predicted molar refractivity (Wildman–Crippen MR) is 163 cm³/mol. The Balaban J connectivity index is 1.78. The first-order valence-electron chi connectivity index (χ1n) is 13.4. The van der Waals surface area contributed by atoms with Crippen LogP contribution in [0.1, 0.15) is 11.1 Å². The normalized spacial score (nSPS) is 14.4. The van der Waals surface area contributed by atoms with E-state index in [2.05, 4.69) is 22.0 Å². The van der Waals surface area contributed by atoms with Crippen molar-refractivity contribution in [3.63, 3.8) is 0 Å². The maximum Gasteiger partial charge on any atom is 0.277 e. The van der Waals surface area contributed by atoms with Crippen molar-refractivity contribution < 1.29 is 27.4 Å². The average Bonchev–Trinajstić information content (AvgIpc) is 2.96. The first-order valence-corrected chi connectivity index (χ1v) is 15.7. The SMILES string of the molecule is C=C(NC(=O)/C(=N/N1CCOCC1)c1ccc(S(=O)(=O)N(C)CCOC)cc1)Sc1nc(OCCN(C)C)ccc1C. The highest BCUT2D eigenvalue weighted by Crippen LogP contribution is 2.27. The smallest absolute Gasteiger partial charge is 0.277 e. The van der Waals surface area contributed by atoms with Gasteiger partial charge in [0.05, 0.1) is 42.8 Å². The topological polar surface area (TPSA) is 126 Å². The molecule has 0 aliphatic carbocycles. The van der Waals surface area contributed by atoms with E-state index in [0.29, 0.717) is 54.4 Å². The third-order valence-corrected chi connectivity index (χ3v) is 9.00.